The second-order valence-electron chi connectivity index (χ2n) is 4.73. The van der Waals surface area contributed by atoms with Gasteiger partial charge in [-0.15, -0.1) is 11.6 Å². The first-order chi connectivity index (χ1) is 6.42. The molecule has 0 heterocycles. The number of aryl methyl sites for hydroxylation is 1. The molecule has 0 saturated carbocycles. The number of hydrogen-bond acceptors (Lipinski definition) is 0. The van der Waals surface area contributed by atoms with Gasteiger partial charge in [0.25, 0.3) is 0 Å². The zero-order valence-electron chi connectivity index (χ0n) is 9.47. The van der Waals surface area contributed by atoms with Crippen molar-refractivity contribution >= 4 is 11.6 Å². The Morgan fingerprint density at radius 3 is 2.14 bits per heavy atom. The average Bonchev–Trinajstić information content (AvgIpc) is 2.02. The predicted molar refractivity (Wildman–Crippen MR) is 64.1 cm³/mol. The van der Waals surface area contributed by atoms with Gasteiger partial charge in [0.2, 0.25) is 0 Å². The van der Waals surface area contributed by atoms with Gasteiger partial charge in [-0.1, -0.05) is 43.7 Å². The summed E-state index contributed by atoms with van der Waals surface area (Å²) in [4.78, 5) is 0. The van der Waals surface area contributed by atoms with Gasteiger partial charge in [0.1, 0.15) is 0 Å². The Balaban J connectivity index is 2.86. The molecule has 0 N–H and O–H groups in total. The quantitative estimate of drug-likeness (QED) is 0.653. The zero-order chi connectivity index (χ0) is 10.8. The molecule has 1 rings (SSSR count). The lowest BCUT2D eigenvalue weighted by Gasteiger charge is -2.26. The Morgan fingerprint density at radius 2 is 1.71 bits per heavy atom. The van der Waals surface area contributed by atoms with E-state index in [2.05, 4.69) is 52.0 Å². The monoisotopic (exact) mass is 210 g/mol. The third-order valence-corrected chi connectivity index (χ3v) is 2.78. The number of alkyl halides is 1. The van der Waals surface area contributed by atoms with E-state index in [1.165, 1.54) is 11.1 Å². The number of benzene rings is 1. The molecule has 0 amide bonds. The van der Waals surface area contributed by atoms with Crippen LogP contribution in [0.15, 0.2) is 24.3 Å². The van der Waals surface area contributed by atoms with Crippen molar-refractivity contribution in [3.63, 3.8) is 0 Å². The van der Waals surface area contributed by atoms with Crippen LogP contribution in [0.1, 0.15) is 38.3 Å². The van der Waals surface area contributed by atoms with Crippen LogP contribution in [0.3, 0.4) is 0 Å². The zero-order valence-corrected chi connectivity index (χ0v) is 10.2. The van der Waals surface area contributed by atoms with E-state index in [1.807, 2.05) is 0 Å². The van der Waals surface area contributed by atoms with Gasteiger partial charge in [-0.25, -0.2) is 0 Å². The molecule has 0 fully saturated rings. The molecule has 0 spiro atoms. The molecule has 1 atom stereocenters. The van der Waals surface area contributed by atoms with Gasteiger partial charge in [0, 0.05) is 5.38 Å². The van der Waals surface area contributed by atoms with E-state index in [0.29, 0.717) is 0 Å². The van der Waals surface area contributed by atoms with Crippen LogP contribution >= 0.6 is 11.6 Å². The highest BCUT2D eigenvalue weighted by Gasteiger charge is 2.22. The minimum atomic E-state index is 0.175. The standard InChI is InChI=1S/C13H19Cl/c1-10-5-7-12(8-6-10)13(3,4)9-11(2)14/h5-8,11H,9H2,1-4H3. The van der Waals surface area contributed by atoms with Crippen LogP contribution in [0.25, 0.3) is 0 Å². The Hall–Kier alpha value is -0.490. The van der Waals surface area contributed by atoms with Gasteiger partial charge in [-0.05, 0) is 31.2 Å². The van der Waals surface area contributed by atoms with Crippen molar-refractivity contribution in [2.45, 2.75) is 44.9 Å². The summed E-state index contributed by atoms with van der Waals surface area (Å²) in [7, 11) is 0. The van der Waals surface area contributed by atoms with Crippen molar-refractivity contribution < 1.29 is 0 Å². The minimum absolute atomic E-state index is 0.175. The van der Waals surface area contributed by atoms with Crippen LogP contribution in [-0.2, 0) is 5.41 Å². The molecular formula is C13H19Cl. The summed E-state index contributed by atoms with van der Waals surface area (Å²) in [6.07, 6.45) is 1.01. The molecule has 0 radical (unpaired) electrons. The van der Waals surface area contributed by atoms with E-state index in [-0.39, 0.29) is 10.8 Å². The molecule has 0 bridgehead atoms. The van der Waals surface area contributed by atoms with Gasteiger partial charge in [0.05, 0.1) is 0 Å². The van der Waals surface area contributed by atoms with E-state index in [9.17, 15) is 0 Å². The number of rotatable bonds is 3. The lowest BCUT2D eigenvalue weighted by Crippen LogP contribution is -2.20. The second-order valence-corrected chi connectivity index (χ2v) is 5.48. The molecule has 0 aliphatic heterocycles. The summed E-state index contributed by atoms with van der Waals surface area (Å²) >= 11 is 6.04. The van der Waals surface area contributed by atoms with Crippen molar-refractivity contribution in [3.05, 3.63) is 35.4 Å². The maximum absolute atomic E-state index is 6.04. The van der Waals surface area contributed by atoms with Crippen LogP contribution in [0.4, 0.5) is 0 Å². The predicted octanol–water partition coefficient (Wildman–Crippen LogP) is 4.29. The third-order valence-electron chi connectivity index (χ3n) is 2.62. The molecule has 1 heteroatoms. The highest BCUT2D eigenvalue weighted by atomic mass is 35.5. The molecule has 0 nitrogen and oxygen atoms in total. The second kappa shape index (κ2) is 4.35. The fraction of sp³-hybridized carbons (Fsp3) is 0.538. The van der Waals surface area contributed by atoms with Gasteiger partial charge in [-0.2, -0.15) is 0 Å². The summed E-state index contributed by atoms with van der Waals surface area (Å²) in [5.41, 5.74) is 2.86. The van der Waals surface area contributed by atoms with E-state index in [4.69, 9.17) is 11.6 Å². The SMILES string of the molecule is Cc1ccc(C(C)(C)CC(C)Cl)cc1. The summed E-state index contributed by atoms with van der Waals surface area (Å²) in [6, 6.07) is 8.73. The first-order valence-electron chi connectivity index (χ1n) is 5.13. The summed E-state index contributed by atoms with van der Waals surface area (Å²) in [6.45, 7) is 8.66. The molecule has 1 aromatic carbocycles. The normalized spacial score (nSPS) is 14.1. The fourth-order valence-electron chi connectivity index (χ4n) is 1.83. The van der Waals surface area contributed by atoms with E-state index in [1.54, 1.807) is 0 Å². The first-order valence-corrected chi connectivity index (χ1v) is 5.57. The van der Waals surface area contributed by atoms with Crippen LogP contribution < -0.4 is 0 Å². The summed E-state index contributed by atoms with van der Waals surface area (Å²) < 4.78 is 0. The average molecular weight is 211 g/mol. The first kappa shape index (κ1) is 11.6. The van der Waals surface area contributed by atoms with Gasteiger partial charge >= 0.3 is 0 Å². The van der Waals surface area contributed by atoms with Crippen LogP contribution in [-0.4, -0.2) is 5.38 Å². The van der Waals surface area contributed by atoms with Crippen molar-refractivity contribution in [2.24, 2.45) is 0 Å². The van der Waals surface area contributed by atoms with Crippen molar-refractivity contribution in [3.8, 4) is 0 Å². The number of hydrogen-bond donors (Lipinski definition) is 0. The van der Waals surface area contributed by atoms with E-state index in [0.717, 1.165) is 6.42 Å². The molecule has 78 valence electrons. The molecule has 0 aliphatic carbocycles. The molecule has 1 unspecified atom stereocenters. The van der Waals surface area contributed by atoms with E-state index >= 15 is 0 Å². The maximum atomic E-state index is 6.04. The van der Waals surface area contributed by atoms with Gasteiger partial charge in [-0.3, -0.25) is 0 Å². The molecule has 0 aromatic heterocycles. The van der Waals surface area contributed by atoms with Crippen LogP contribution in [0.5, 0.6) is 0 Å². The van der Waals surface area contributed by atoms with Crippen molar-refractivity contribution in [1.82, 2.24) is 0 Å². The summed E-state index contributed by atoms with van der Waals surface area (Å²) in [5, 5.41) is 0.228. The topological polar surface area (TPSA) is 0 Å². The highest BCUT2D eigenvalue weighted by Crippen LogP contribution is 2.29. The Kier molecular flexibility index (Phi) is 3.60. The smallest absolute Gasteiger partial charge is 0.0316 e. The van der Waals surface area contributed by atoms with Crippen LogP contribution in [0.2, 0.25) is 0 Å². The lowest BCUT2D eigenvalue weighted by atomic mass is 9.80. The van der Waals surface area contributed by atoms with Crippen LogP contribution in [0, 0.1) is 6.92 Å². The Morgan fingerprint density at radius 1 is 1.21 bits per heavy atom. The molecular weight excluding hydrogens is 192 g/mol. The molecule has 1 aromatic rings. The summed E-state index contributed by atoms with van der Waals surface area (Å²) in [5.74, 6) is 0. The van der Waals surface area contributed by atoms with Gasteiger partial charge < -0.3 is 0 Å². The van der Waals surface area contributed by atoms with Crippen molar-refractivity contribution in [2.75, 3.05) is 0 Å². The van der Waals surface area contributed by atoms with Gasteiger partial charge in [0.15, 0.2) is 0 Å². The molecule has 0 aliphatic rings. The Labute approximate surface area is 92.3 Å². The van der Waals surface area contributed by atoms with E-state index < -0.39 is 0 Å². The minimum Gasteiger partial charge on any atom is -0.123 e. The van der Waals surface area contributed by atoms with Crippen molar-refractivity contribution in [1.29, 1.82) is 0 Å². The number of halogens is 1. The largest absolute Gasteiger partial charge is 0.123 e. The third kappa shape index (κ3) is 3.02. The lowest BCUT2D eigenvalue weighted by molar-refractivity contribution is 0.477. The maximum Gasteiger partial charge on any atom is 0.0316 e. The Bertz CT molecular complexity index is 283. The fourth-order valence-corrected chi connectivity index (χ4v) is 2.21. The molecule has 14 heavy (non-hydrogen) atoms. The highest BCUT2D eigenvalue weighted by molar-refractivity contribution is 6.20. The molecule has 0 saturated heterocycles.